The maximum Gasteiger partial charge on any atom is 0.0369 e. The minimum Gasteiger partial charge on any atom is -0.399 e. The van der Waals surface area contributed by atoms with Crippen molar-refractivity contribution in [3.05, 3.63) is 59.2 Å². The van der Waals surface area contributed by atoms with Crippen LogP contribution in [0.1, 0.15) is 29.0 Å². The number of benzene rings is 2. The van der Waals surface area contributed by atoms with E-state index >= 15 is 0 Å². The Morgan fingerprint density at radius 2 is 1.90 bits per heavy atom. The molecule has 2 nitrogen and oxygen atoms in total. The quantitative estimate of drug-likeness (QED) is 0.836. The first kappa shape index (κ1) is 13.0. The average Bonchev–Trinajstić information content (AvgIpc) is 2.92. The molecule has 1 atom stereocenters. The van der Waals surface area contributed by atoms with E-state index in [4.69, 9.17) is 5.73 Å². The van der Waals surface area contributed by atoms with Gasteiger partial charge in [0.05, 0.1) is 0 Å². The highest BCUT2D eigenvalue weighted by Gasteiger charge is 2.24. The van der Waals surface area contributed by atoms with Crippen molar-refractivity contribution in [1.29, 1.82) is 0 Å². The number of nitrogens with zero attached hydrogens (tertiary/aromatic N) is 1. The zero-order chi connectivity index (χ0) is 14.1. The Kier molecular flexibility index (Phi) is 3.39. The molecule has 0 aromatic heterocycles. The molecule has 1 heterocycles. The van der Waals surface area contributed by atoms with Crippen molar-refractivity contribution in [2.45, 2.75) is 26.2 Å². The van der Waals surface area contributed by atoms with Crippen LogP contribution in [0.15, 0.2) is 42.5 Å². The molecule has 1 fully saturated rings. The third kappa shape index (κ3) is 2.51. The zero-order valence-electron chi connectivity index (χ0n) is 12.3. The monoisotopic (exact) mass is 266 g/mol. The van der Waals surface area contributed by atoms with Gasteiger partial charge in [-0.1, -0.05) is 18.2 Å². The number of aryl methyl sites for hydroxylation is 2. The standard InChI is InChI=1S/C18H22N2/c1-13-6-7-18(10-14(13)2)20-9-8-16(12-20)15-4-3-5-17(19)11-15/h3-7,10-11,16H,8-9,12,19H2,1-2H3. The van der Waals surface area contributed by atoms with Crippen LogP contribution in [0.5, 0.6) is 0 Å². The lowest BCUT2D eigenvalue weighted by molar-refractivity contribution is 0.775. The maximum absolute atomic E-state index is 5.89. The molecule has 0 amide bonds. The Labute approximate surface area is 121 Å². The molecule has 2 aromatic carbocycles. The van der Waals surface area contributed by atoms with E-state index in [1.807, 2.05) is 6.07 Å². The fourth-order valence-electron chi connectivity index (χ4n) is 3.00. The van der Waals surface area contributed by atoms with Gasteiger partial charge >= 0.3 is 0 Å². The highest BCUT2D eigenvalue weighted by molar-refractivity contribution is 5.52. The van der Waals surface area contributed by atoms with E-state index in [2.05, 4.69) is 55.1 Å². The second-order valence-electron chi connectivity index (χ2n) is 5.87. The van der Waals surface area contributed by atoms with E-state index in [1.165, 1.54) is 28.8 Å². The van der Waals surface area contributed by atoms with E-state index in [0.29, 0.717) is 5.92 Å². The molecule has 0 radical (unpaired) electrons. The molecule has 2 heteroatoms. The van der Waals surface area contributed by atoms with E-state index in [1.54, 1.807) is 0 Å². The van der Waals surface area contributed by atoms with Crippen LogP contribution in [-0.4, -0.2) is 13.1 Å². The summed E-state index contributed by atoms with van der Waals surface area (Å²) in [6, 6.07) is 15.1. The van der Waals surface area contributed by atoms with Crippen LogP contribution < -0.4 is 10.6 Å². The van der Waals surface area contributed by atoms with Crippen LogP contribution in [0.4, 0.5) is 11.4 Å². The third-order valence-electron chi connectivity index (χ3n) is 4.43. The van der Waals surface area contributed by atoms with Crippen molar-refractivity contribution in [3.8, 4) is 0 Å². The first-order chi connectivity index (χ1) is 9.63. The van der Waals surface area contributed by atoms with Crippen LogP contribution in [0.3, 0.4) is 0 Å². The SMILES string of the molecule is Cc1ccc(N2CCC(c3cccc(N)c3)C2)cc1C. The normalized spacial score (nSPS) is 18.5. The number of rotatable bonds is 2. The van der Waals surface area contributed by atoms with Gasteiger partial charge in [0, 0.05) is 30.4 Å². The summed E-state index contributed by atoms with van der Waals surface area (Å²) in [5, 5.41) is 0. The lowest BCUT2D eigenvalue weighted by Crippen LogP contribution is -2.19. The summed E-state index contributed by atoms with van der Waals surface area (Å²) in [5.74, 6) is 0.597. The van der Waals surface area contributed by atoms with E-state index in [9.17, 15) is 0 Å². The molecule has 2 aromatic rings. The van der Waals surface area contributed by atoms with Gasteiger partial charge in [-0.15, -0.1) is 0 Å². The van der Waals surface area contributed by atoms with Gasteiger partial charge in [0.25, 0.3) is 0 Å². The average molecular weight is 266 g/mol. The van der Waals surface area contributed by atoms with Gasteiger partial charge in [0.1, 0.15) is 0 Å². The topological polar surface area (TPSA) is 29.3 Å². The van der Waals surface area contributed by atoms with Crippen LogP contribution in [-0.2, 0) is 0 Å². The Hall–Kier alpha value is -1.96. The lowest BCUT2D eigenvalue weighted by atomic mass is 9.98. The lowest BCUT2D eigenvalue weighted by Gasteiger charge is -2.20. The fourth-order valence-corrected chi connectivity index (χ4v) is 3.00. The van der Waals surface area contributed by atoms with E-state index < -0.39 is 0 Å². The number of anilines is 2. The summed E-state index contributed by atoms with van der Waals surface area (Å²) < 4.78 is 0. The first-order valence-corrected chi connectivity index (χ1v) is 7.31. The molecule has 3 rings (SSSR count). The van der Waals surface area contributed by atoms with Gasteiger partial charge in [-0.25, -0.2) is 0 Å². The molecule has 2 N–H and O–H groups in total. The van der Waals surface area contributed by atoms with E-state index in [-0.39, 0.29) is 0 Å². The number of nitrogens with two attached hydrogens (primary N) is 1. The molecule has 104 valence electrons. The summed E-state index contributed by atoms with van der Waals surface area (Å²) in [5.41, 5.74) is 12.2. The summed E-state index contributed by atoms with van der Waals surface area (Å²) in [6.45, 7) is 6.57. The zero-order valence-corrected chi connectivity index (χ0v) is 12.3. The van der Waals surface area contributed by atoms with Crippen molar-refractivity contribution in [1.82, 2.24) is 0 Å². The Balaban J connectivity index is 1.78. The molecular formula is C18H22N2. The maximum atomic E-state index is 5.89. The molecule has 1 unspecified atom stereocenters. The van der Waals surface area contributed by atoms with Gasteiger partial charge in [-0.05, 0) is 61.2 Å². The molecule has 0 aliphatic carbocycles. The molecular weight excluding hydrogens is 244 g/mol. The number of nitrogen functional groups attached to an aromatic ring is 1. The van der Waals surface area contributed by atoms with Crippen molar-refractivity contribution in [3.63, 3.8) is 0 Å². The molecule has 0 bridgehead atoms. The van der Waals surface area contributed by atoms with Gasteiger partial charge in [0.2, 0.25) is 0 Å². The van der Waals surface area contributed by atoms with Crippen LogP contribution in [0.25, 0.3) is 0 Å². The molecule has 1 aliphatic rings. The minimum absolute atomic E-state index is 0.597. The van der Waals surface area contributed by atoms with Gasteiger partial charge < -0.3 is 10.6 Å². The predicted molar refractivity (Wildman–Crippen MR) is 86.3 cm³/mol. The second kappa shape index (κ2) is 5.20. The minimum atomic E-state index is 0.597. The van der Waals surface area contributed by atoms with Gasteiger partial charge in [-0.3, -0.25) is 0 Å². The Morgan fingerprint density at radius 1 is 1.05 bits per heavy atom. The molecule has 20 heavy (non-hydrogen) atoms. The molecule has 0 saturated carbocycles. The first-order valence-electron chi connectivity index (χ1n) is 7.31. The molecule has 0 spiro atoms. The summed E-state index contributed by atoms with van der Waals surface area (Å²) in [4.78, 5) is 2.49. The Bertz CT molecular complexity index is 619. The Morgan fingerprint density at radius 3 is 2.65 bits per heavy atom. The van der Waals surface area contributed by atoms with Crippen molar-refractivity contribution in [2.75, 3.05) is 23.7 Å². The van der Waals surface area contributed by atoms with Crippen LogP contribution in [0, 0.1) is 13.8 Å². The van der Waals surface area contributed by atoms with Gasteiger partial charge in [0.15, 0.2) is 0 Å². The van der Waals surface area contributed by atoms with Crippen molar-refractivity contribution >= 4 is 11.4 Å². The van der Waals surface area contributed by atoms with E-state index in [0.717, 1.165) is 18.8 Å². The van der Waals surface area contributed by atoms with Crippen molar-refractivity contribution in [2.24, 2.45) is 0 Å². The number of hydrogen-bond acceptors (Lipinski definition) is 2. The highest BCUT2D eigenvalue weighted by Crippen LogP contribution is 2.32. The second-order valence-corrected chi connectivity index (χ2v) is 5.87. The van der Waals surface area contributed by atoms with Crippen molar-refractivity contribution < 1.29 is 0 Å². The summed E-state index contributed by atoms with van der Waals surface area (Å²) in [7, 11) is 0. The third-order valence-corrected chi connectivity index (χ3v) is 4.43. The summed E-state index contributed by atoms with van der Waals surface area (Å²) >= 11 is 0. The number of hydrogen-bond donors (Lipinski definition) is 1. The van der Waals surface area contributed by atoms with Gasteiger partial charge in [-0.2, -0.15) is 0 Å². The largest absolute Gasteiger partial charge is 0.399 e. The predicted octanol–water partition coefficient (Wildman–Crippen LogP) is 3.88. The summed E-state index contributed by atoms with van der Waals surface area (Å²) in [6.07, 6.45) is 1.20. The molecule has 1 saturated heterocycles. The molecule has 1 aliphatic heterocycles. The van der Waals surface area contributed by atoms with Crippen LogP contribution >= 0.6 is 0 Å². The van der Waals surface area contributed by atoms with Crippen LogP contribution in [0.2, 0.25) is 0 Å². The fraction of sp³-hybridized carbons (Fsp3) is 0.333. The highest BCUT2D eigenvalue weighted by atomic mass is 15.1. The smallest absolute Gasteiger partial charge is 0.0369 e.